The summed E-state index contributed by atoms with van der Waals surface area (Å²) in [6, 6.07) is 17.5. The second kappa shape index (κ2) is 7.87. The molecule has 26 heavy (non-hydrogen) atoms. The highest BCUT2D eigenvalue weighted by Gasteiger charge is 2.35. The molecule has 2 aromatic rings. The van der Waals surface area contributed by atoms with E-state index in [1.165, 1.54) is 14.2 Å². The smallest absolute Gasteiger partial charge is 0.320 e. The van der Waals surface area contributed by atoms with Crippen LogP contribution in [0.2, 0.25) is 0 Å². The number of hydrogen-bond donors (Lipinski definition) is 0. The SMILES string of the molecule is COC(=O)C(CC1OC(c2ccccc2)=Cc2ccccc21)C(=O)OC. The highest BCUT2D eigenvalue weighted by molar-refractivity contribution is 5.95. The molecule has 134 valence electrons. The molecule has 1 aliphatic rings. The first kappa shape index (κ1) is 17.7. The first-order valence-corrected chi connectivity index (χ1v) is 8.32. The monoisotopic (exact) mass is 352 g/mol. The Hall–Kier alpha value is -3.08. The van der Waals surface area contributed by atoms with Crippen molar-refractivity contribution in [1.82, 2.24) is 0 Å². The zero-order valence-electron chi connectivity index (χ0n) is 14.7. The maximum absolute atomic E-state index is 12.1. The summed E-state index contributed by atoms with van der Waals surface area (Å²) in [5, 5.41) is 0. The minimum Gasteiger partial charge on any atom is -0.485 e. The zero-order valence-corrected chi connectivity index (χ0v) is 14.7. The van der Waals surface area contributed by atoms with E-state index < -0.39 is 24.0 Å². The van der Waals surface area contributed by atoms with Gasteiger partial charge in [-0.2, -0.15) is 0 Å². The number of ether oxygens (including phenoxy) is 3. The molecule has 5 nitrogen and oxygen atoms in total. The van der Waals surface area contributed by atoms with E-state index in [4.69, 9.17) is 14.2 Å². The number of fused-ring (bicyclic) bond motifs is 1. The molecule has 2 aromatic carbocycles. The van der Waals surface area contributed by atoms with Crippen molar-refractivity contribution in [3.05, 3.63) is 71.3 Å². The van der Waals surface area contributed by atoms with E-state index in [0.717, 1.165) is 16.7 Å². The fourth-order valence-electron chi connectivity index (χ4n) is 3.04. The van der Waals surface area contributed by atoms with Crippen molar-refractivity contribution >= 4 is 23.8 Å². The standard InChI is InChI=1S/C21H20O5/c1-24-20(22)17(21(23)25-2)13-19-16-11-7-6-10-15(16)12-18(26-19)14-8-4-3-5-9-14/h3-12,17,19H,13H2,1-2H3. The van der Waals surface area contributed by atoms with Gasteiger partial charge in [-0.05, 0) is 17.2 Å². The molecule has 0 bridgehead atoms. The van der Waals surface area contributed by atoms with Crippen LogP contribution in [0.3, 0.4) is 0 Å². The van der Waals surface area contributed by atoms with E-state index in [9.17, 15) is 9.59 Å². The average molecular weight is 352 g/mol. The summed E-state index contributed by atoms with van der Waals surface area (Å²) in [5.74, 6) is -1.61. The van der Waals surface area contributed by atoms with Crippen LogP contribution in [0.4, 0.5) is 0 Å². The Bertz CT molecular complexity index is 809. The minimum atomic E-state index is -1.04. The molecule has 0 radical (unpaired) electrons. The van der Waals surface area contributed by atoms with Gasteiger partial charge >= 0.3 is 11.9 Å². The van der Waals surface area contributed by atoms with Gasteiger partial charge in [-0.15, -0.1) is 0 Å². The summed E-state index contributed by atoms with van der Waals surface area (Å²) in [6.07, 6.45) is 1.64. The Morgan fingerprint density at radius 1 is 0.962 bits per heavy atom. The van der Waals surface area contributed by atoms with Gasteiger partial charge in [0, 0.05) is 12.0 Å². The molecule has 1 heterocycles. The Morgan fingerprint density at radius 3 is 2.23 bits per heavy atom. The van der Waals surface area contributed by atoms with Gasteiger partial charge in [0.15, 0.2) is 5.92 Å². The van der Waals surface area contributed by atoms with Crippen molar-refractivity contribution in [2.24, 2.45) is 5.92 Å². The largest absolute Gasteiger partial charge is 0.485 e. The van der Waals surface area contributed by atoms with E-state index in [-0.39, 0.29) is 6.42 Å². The number of esters is 2. The molecular weight excluding hydrogens is 332 g/mol. The molecular formula is C21H20O5. The van der Waals surface area contributed by atoms with E-state index in [1.807, 2.05) is 60.7 Å². The Kier molecular flexibility index (Phi) is 5.37. The third-order valence-corrected chi connectivity index (χ3v) is 4.38. The third-order valence-electron chi connectivity index (χ3n) is 4.38. The Labute approximate surface area is 152 Å². The van der Waals surface area contributed by atoms with Gasteiger partial charge in [-0.1, -0.05) is 54.6 Å². The summed E-state index contributed by atoms with van der Waals surface area (Å²) < 4.78 is 15.7. The van der Waals surface area contributed by atoms with Gasteiger partial charge in [0.1, 0.15) is 11.9 Å². The quantitative estimate of drug-likeness (QED) is 0.608. The van der Waals surface area contributed by atoms with Crippen molar-refractivity contribution < 1.29 is 23.8 Å². The Morgan fingerprint density at radius 2 is 1.58 bits per heavy atom. The van der Waals surface area contributed by atoms with Crippen molar-refractivity contribution in [3.8, 4) is 0 Å². The number of carbonyl (C=O) groups is 2. The lowest BCUT2D eigenvalue weighted by Crippen LogP contribution is -2.29. The number of benzene rings is 2. The highest BCUT2D eigenvalue weighted by Crippen LogP contribution is 2.39. The second-order valence-electron chi connectivity index (χ2n) is 5.94. The maximum Gasteiger partial charge on any atom is 0.320 e. The van der Waals surface area contributed by atoms with Crippen LogP contribution in [0.5, 0.6) is 0 Å². The van der Waals surface area contributed by atoms with Crippen LogP contribution in [0.15, 0.2) is 54.6 Å². The van der Waals surface area contributed by atoms with Crippen LogP contribution in [0.25, 0.3) is 11.8 Å². The Balaban J connectivity index is 1.95. The molecule has 0 saturated carbocycles. The minimum absolute atomic E-state index is 0.139. The predicted octanol–water partition coefficient (Wildman–Crippen LogP) is 3.61. The van der Waals surface area contributed by atoms with E-state index in [2.05, 4.69) is 0 Å². The lowest BCUT2D eigenvalue weighted by molar-refractivity contribution is -0.160. The van der Waals surface area contributed by atoms with Gasteiger partial charge in [0.05, 0.1) is 14.2 Å². The average Bonchev–Trinajstić information content (AvgIpc) is 2.71. The number of methoxy groups -OCH3 is 2. The topological polar surface area (TPSA) is 61.8 Å². The molecule has 1 atom stereocenters. The van der Waals surface area contributed by atoms with Crippen LogP contribution in [0.1, 0.15) is 29.2 Å². The fourth-order valence-corrected chi connectivity index (χ4v) is 3.04. The van der Waals surface area contributed by atoms with Gasteiger partial charge < -0.3 is 14.2 Å². The first-order valence-electron chi connectivity index (χ1n) is 8.32. The van der Waals surface area contributed by atoms with Crippen LogP contribution >= 0.6 is 0 Å². The predicted molar refractivity (Wildman–Crippen MR) is 96.7 cm³/mol. The van der Waals surface area contributed by atoms with Crippen LogP contribution < -0.4 is 0 Å². The van der Waals surface area contributed by atoms with Crippen molar-refractivity contribution in [1.29, 1.82) is 0 Å². The number of carbonyl (C=O) groups excluding carboxylic acids is 2. The first-order chi connectivity index (χ1) is 12.6. The van der Waals surface area contributed by atoms with Crippen molar-refractivity contribution in [3.63, 3.8) is 0 Å². The van der Waals surface area contributed by atoms with Crippen molar-refractivity contribution in [2.75, 3.05) is 14.2 Å². The normalized spacial score (nSPS) is 15.5. The molecule has 0 spiro atoms. The molecule has 0 N–H and O–H groups in total. The maximum atomic E-state index is 12.1. The molecule has 0 amide bonds. The van der Waals surface area contributed by atoms with Gasteiger partial charge in [0.2, 0.25) is 0 Å². The summed E-state index contributed by atoms with van der Waals surface area (Å²) in [5.41, 5.74) is 2.85. The summed E-state index contributed by atoms with van der Waals surface area (Å²) >= 11 is 0. The molecule has 3 rings (SSSR count). The molecule has 0 aromatic heterocycles. The molecule has 0 fully saturated rings. The molecule has 1 unspecified atom stereocenters. The van der Waals surface area contributed by atoms with Crippen LogP contribution in [-0.4, -0.2) is 26.2 Å². The lowest BCUT2D eigenvalue weighted by atomic mass is 9.91. The van der Waals surface area contributed by atoms with Crippen LogP contribution in [-0.2, 0) is 23.8 Å². The van der Waals surface area contributed by atoms with E-state index in [0.29, 0.717) is 5.76 Å². The fraction of sp³-hybridized carbons (Fsp3) is 0.238. The third kappa shape index (κ3) is 3.61. The summed E-state index contributed by atoms with van der Waals surface area (Å²) in [4.78, 5) is 24.1. The molecule has 0 aliphatic carbocycles. The molecule has 5 heteroatoms. The lowest BCUT2D eigenvalue weighted by Gasteiger charge is -2.29. The number of rotatable bonds is 5. The zero-order chi connectivity index (χ0) is 18.5. The van der Waals surface area contributed by atoms with Gasteiger partial charge in [-0.25, -0.2) is 0 Å². The highest BCUT2D eigenvalue weighted by atomic mass is 16.5. The van der Waals surface area contributed by atoms with Crippen LogP contribution in [0, 0.1) is 5.92 Å². The van der Waals surface area contributed by atoms with E-state index in [1.54, 1.807) is 0 Å². The molecule has 1 aliphatic heterocycles. The summed E-state index contributed by atoms with van der Waals surface area (Å²) in [7, 11) is 2.51. The van der Waals surface area contributed by atoms with Gasteiger partial charge in [0.25, 0.3) is 0 Å². The molecule has 0 saturated heterocycles. The summed E-state index contributed by atoms with van der Waals surface area (Å²) in [6.45, 7) is 0. The second-order valence-corrected chi connectivity index (χ2v) is 5.94. The van der Waals surface area contributed by atoms with E-state index >= 15 is 0 Å². The van der Waals surface area contributed by atoms with Gasteiger partial charge in [-0.3, -0.25) is 9.59 Å². The van der Waals surface area contributed by atoms with Crippen molar-refractivity contribution in [2.45, 2.75) is 12.5 Å². The number of hydrogen-bond acceptors (Lipinski definition) is 5.